The van der Waals surface area contributed by atoms with E-state index in [0.717, 1.165) is 12.8 Å². The molecule has 0 amide bonds. The van der Waals surface area contributed by atoms with E-state index in [2.05, 4.69) is 0 Å². The molecule has 1 aliphatic rings. The summed E-state index contributed by atoms with van der Waals surface area (Å²) in [6.07, 6.45) is 1.60. The molecule has 0 spiro atoms. The zero-order valence-electron chi connectivity index (χ0n) is 3.99. The first-order chi connectivity index (χ1) is 3.21. The second-order valence-electron chi connectivity index (χ2n) is 1.81. The topological polar surface area (TPSA) is 0 Å². The Kier molecular flexibility index (Phi) is 1.55. The molecule has 0 saturated carbocycles. The summed E-state index contributed by atoms with van der Waals surface area (Å²) >= 11 is -3.99. The monoisotopic (exact) mass is 224 g/mol. The molecule has 0 bridgehead atoms. The zero-order valence-corrected chi connectivity index (χ0v) is 6.32. The second-order valence-corrected chi connectivity index (χ2v) is 8.13. The van der Waals surface area contributed by atoms with Crippen LogP contribution in [0, 0.1) is 0 Å². The Morgan fingerprint density at radius 3 is 1.57 bits per heavy atom. The summed E-state index contributed by atoms with van der Waals surface area (Å²) in [4.78, 5) is 0. The van der Waals surface area contributed by atoms with E-state index in [1.54, 1.807) is 0 Å². The predicted molar refractivity (Wildman–Crippen MR) is 26.8 cm³/mol. The molecule has 0 aromatic rings. The molecular formula is C4H8F2Te. The number of hydrogen-bond acceptors (Lipinski definition) is 0. The van der Waals surface area contributed by atoms with Crippen LogP contribution in [0.4, 0.5) is 5.78 Å². The van der Waals surface area contributed by atoms with Gasteiger partial charge in [-0.25, -0.2) is 0 Å². The Hall–Kier alpha value is 0.650. The molecule has 0 atom stereocenters. The maximum absolute atomic E-state index is 12.1. The van der Waals surface area contributed by atoms with Crippen molar-refractivity contribution < 1.29 is 5.78 Å². The molecule has 0 N–H and O–H groups in total. The molecule has 7 heavy (non-hydrogen) atoms. The van der Waals surface area contributed by atoms with Gasteiger partial charge >= 0.3 is 46.9 Å². The van der Waals surface area contributed by atoms with E-state index in [1.165, 1.54) is 0 Å². The molecule has 1 saturated heterocycles. The standard InChI is InChI=1S/C4H8F2Te/c5-7(6)3-1-2-4-7/h1-4H2. The van der Waals surface area contributed by atoms with Crippen molar-refractivity contribution in [3.05, 3.63) is 0 Å². The van der Waals surface area contributed by atoms with E-state index in [1.807, 2.05) is 0 Å². The molecule has 1 fully saturated rings. The first-order valence-corrected chi connectivity index (χ1v) is 7.44. The van der Waals surface area contributed by atoms with Gasteiger partial charge in [0.15, 0.2) is 0 Å². The summed E-state index contributed by atoms with van der Waals surface area (Å²) in [5.41, 5.74) is 0. The average Bonchev–Trinajstić information content (AvgIpc) is 1.84. The van der Waals surface area contributed by atoms with Gasteiger partial charge in [-0.3, -0.25) is 0 Å². The summed E-state index contributed by atoms with van der Waals surface area (Å²) in [6, 6.07) is 0. The second kappa shape index (κ2) is 1.87. The molecule has 44 valence electrons. The van der Waals surface area contributed by atoms with Crippen LogP contribution < -0.4 is 0 Å². The Labute approximate surface area is 47.3 Å². The van der Waals surface area contributed by atoms with E-state index >= 15 is 0 Å². The minimum atomic E-state index is -3.99. The van der Waals surface area contributed by atoms with Crippen molar-refractivity contribution in [2.75, 3.05) is 0 Å². The van der Waals surface area contributed by atoms with Gasteiger partial charge in [-0.2, -0.15) is 0 Å². The molecule has 0 radical (unpaired) electrons. The van der Waals surface area contributed by atoms with Crippen molar-refractivity contribution >= 4 is 19.3 Å². The summed E-state index contributed by atoms with van der Waals surface area (Å²) < 4.78 is 24.9. The van der Waals surface area contributed by atoms with Crippen molar-refractivity contribution in [1.29, 1.82) is 0 Å². The zero-order chi connectivity index (χ0) is 5.33. The van der Waals surface area contributed by atoms with E-state index in [0.29, 0.717) is 8.94 Å². The van der Waals surface area contributed by atoms with Crippen molar-refractivity contribution in [1.82, 2.24) is 0 Å². The Morgan fingerprint density at radius 2 is 1.43 bits per heavy atom. The van der Waals surface area contributed by atoms with Crippen LogP contribution in [0.3, 0.4) is 0 Å². The van der Waals surface area contributed by atoms with Crippen LogP contribution in [-0.2, 0) is 0 Å². The van der Waals surface area contributed by atoms with E-state index in [4.69, 9.17) is 0 Å². The van der Waals surface area contributed by atoms with Crippen molar-refractivity contribution in [2.24, 2.45) is 0 Å². The minimum absolute atomic E-state index is 0.308. The van der Waals surface area contributed by atoms with Crippen LogP contribution in [0.25, 0.3) is 0 Å². The van der Waals surface area contributed by atoms with E-state index < -0.39 is 19.3 Å². The molecule has 3 heteroatoms. The van der Waals surface area contributed by atoms with Crippen LogP contribution in [-0.4, -0.2) is 19.3 Å². The Morgan fingerprint density at radius 1 is 1.00 bits per heavy atom. The SMILES string of the molecule is F[Te]1(F)CCCC1. The van der Waals surface area contributed by atoms with Gasteiger partial charge in [0.2, 0.25) is 0 Å². The quantitative estimate of drug-likeness (QED) is 0.550. The molecule has 0 aromatic carbocycles. The fourth-order valence-corrected chi connectivity index (χ4v) is 4.89. The molecule has 1 rings (SSSR count). The summed E-state index contributed by atoms with van der Waals surface area (Å²) in [6.45, 7) is 0. The fourth-order valence-electron chi connectivity index (χ4n) is 0.729. The Bertz CT molecular complexity index is 64.1. The van der Waals surface area contributed by atoms with Crippen molar-refractivity contribution in [3.8, 4) is 0 Å². The average molecular weight is 222 g/mol. The number of rotatable bonds is 0. The van der Waals surface area contributed by atoms with Gasteiger partial charge in [-0.15, -0.1) is 0 Å². The molecule has 0 nitrogen and oxygen atoms in total. The van der Waals surface area contributed by atoms with E-state index in [-0.39, 0.29) is 0 Å². The van der Waals surface area contributed by atoms with E-state index in [9.17, 15) is 5.78 Å². The third-order valence-corrected chi connectivity index (χ3v) is 6.19. The van der Waals surface area contributed by atoms with Crippen LogP contribution in [0.5, 0.6) is 0 Å². The third kappa shape index (κ3) is 1.54. The fraction of sp³-hybridized carbons (Fsp3) is 1.00. The molecule has 1 aliphatic heterocycles. The molecular weight excluding hydrogens is 214 g/mol. The number of hydrogen-bond donors (Lipinski definition) is 0. The van der Waals surface area contributed by atoms with Crippen molar-refractivity contribution in [2.45, 2.75) is 21.8 Å². The summed E-state index contributed by atoms with van der Waals surface area (Å²) in [7, 11) is 0. The van der Waals surface area contributed by atoms with Gasteiger partial charge in [0.25, 0.3) is 0 Å². The first-order valence-electron chi connectivity index (χ1n) is 2.39. The first kappa shape index (κ1) is 5.78. The van der Waals surface area contributed by atoms with Crippen LogP contribution >= 0.6 is 0 Å². The number of halogens is 2. The van der Waals surface area contributed by atoms with Gasteiger partial charge < -0.3 is 0 Å². The van der Waals surface area contributed by atoms with Gasteiger partial charge in [0.05, 0.1) is 0 Å². The van der Waals surface area contributed by atoms with Crippen LogP contribution in [0.1, 0.15) is 12.8 Å². The third-order valence-electron chi connectivity index (χ3n) is 1.14. The van der Waals surface area contributed by atoms with Gasteiger partial charge in [0.1, 0.15) is 0 Å². The van der Waals surface area contributed by atoms with Crippen LogP contribution in [0.2, 0.25) is 8.94 Å². The van der Waals surface area contributed by atoms with Crippen LogP contribution in [0.15, 0.2) is 0 Å². The Balaban J connectivity index is 2.40. The van der Waals surface area contributed by atoms with Gasteiger partial charge in [-0.05, 0) is 0 Å². The van der Waals surface area contributed by atoms with Gasteiger partial charge in [-0.1, -0.05) is 0 Å². The normalized spacial score (nSPS) is 32.9. The molecule has 0 aromatic heterocycles. The maximum atomic E-state index is 12.1. The molecule has 0 aliphatic carbocycles. The summed E-state index contributed by atoms with van der Waals surface area (Å²) in [5, 5.41) is 0. The molecule has 1 heterocycles. The predicted octanol–water partition coefficient (Wildman–Crippen LogP) is 2.16. The summed E-state index contributed by atoms with van der Waals surface area (Å²) in [5.74, 6) is 0. The van der Waals surface area contributed by atoms with Gasteiger partial charge in [0, 0.05) is 0 Å². The molecule has 0 unspecified atom stereocenters. The van der Waals surface area contributed by atoms with Crippen molar-refractivity contribution in [3.63, 3.8) is 0 Å².